The SMILES string of the molecule is CC.CC.Cc1cccc(Nc2ccc(Nc3cccc(C)c3)c3c2C(=O)C2C(O)=CC=C(O)C2C3=O)c1.O=C1c2ccc3[nH]c4c(ccc5c(=O)c6ccccc6c(=O)c54)[nH]c3c2C(=O)C2C=CC=CC12.O=c1c2cccc3cccc(c32)c2nc3cccc4cccc(c43)n12. The Hall–Kier alpha value is -12.4. The Balaban J connectivity index is 0.000000123. The van der Waals surface area contributed by atoms with Crippen molar-refractivity contribution in [1.29, 1.82) is 0 Å². The minimum Gasteiger partial charge on any atom is -0.511 e. The lowest BCUT2D eigenvalue weighted by Crippen LogP contribution is -2.40. The van der Waals surface area contributed by atoms with Crippen molar-refractivity contribution in [1.82, 2.24) is 19.4 Å². The van der Waals surface area contributed by atoms with E-state index in [4.69, 9.17) is 4.98 Å². The second kappa shape index (κ2) is 24.8. The Morgan fingerprint density at radius 3 is 1.56 bits per heavy atom. The molecular weight excluding hydrogens is 1210 g/mol. The second-order valence-corrected chi connectivity index (χ2v) is 24.0. The van der Waals surface area contributed by atoms with Crippen molar-refractivity contribution in [3.8, 4) is 0 Å². The summed E-state index contributed by atoms with van der Waals surface area (Å²) >= 11 is 0. The van der Waals surface area contributed by atoms with Crippen LogP contribution < -0.4 is 27.1 Å². The molecule has 0 saturated heterocycles. The molecule has 4 aliphatic carbocycles. The fourth-order valence-electron chi connectivity index (χ4n) is 14.2. The Bertz CT molecular complexity index is 5910. The monoisotopic (exact) mass is 1280 g/mol. The Morgan fingerprint density at radius 2 is 0.948 bits per heavy atom. The number of nitrogens with zero attached hydrogens (tertiary/aromatic N) is 2. The average Bonchev–Trinajstić information content (AvgIpc) is 0.725. The number of rotatable bonds is 4. The number of aromatic amines is 2. The fourth-order valence-corrected chi connectivity index (χ4v) is 14.2. The predicted octanol–water partition coefficient (Wildman–Crippen LogP) is 17.5. The maximum atomic E-state index is 13.7. The molecule has 4 aliphatic rings. The number of aliphatic hydroxyl groups excluding tert-OH is 2. The zero-order valence-corrected chi connectivity index (χ0v) is 53.7. The molecular formula is C82H64N6O9. The number of aryl methyl sites for hydroxylation is 2. The van der Waals surface area contributed by atoms with Gasteiger partial charge in [0.15, 0.2) is 34.0 Å². The molecule has 4 atom stereocenters. The number of allylic oxidation sites excluding steroid dienone is 8. The number of Topliss-reactive ketones (excluding diaryl/α,β-unsaturated/α-hetero) is 4. The van der Waals surface area contributed by atoms with Crippen molar-refractivity contribution in [3.05, 3.63) is 294 Å². The summed E-state index contributed by atoms with van der Waals surface area (Å²) in [5.74, 6) is -4.83. The van der Waals surface area contributed by atoms with Gasteiger partial charge in [0.25, 0.3) is 5.56 Å². The highest BCUT2D eigenvalue weighted by molar-refractivity contribution is 6.25. The number of carbonyl (C=O) groups excluding carboxylic acids is 4. The highest BCUT2D eigenvalue weighted by atomic mass is 16.3. The molecule has 15 nitrogen and oxygen atoms in total. The van der Waals surface area contributed by atoms with Crippen LogP contribution in [0.5, 0.6) is 0 Å². The van der Waals surface area contributed by atoms with Crippen molar-refractivity contribution in [3.63, 3.8) is 0 Å². The first-order valence-corrected chi connectivity index (χ1v) is 32.4. The summed E-state index contributed by atoms with van der Waals surface area (Å²) in [6.45, 7) is 11.9. The number of ketones is 4. The predicted molar refractivity (Wildman–Crippen MR) is 389 cm³/mol. The second-order valence-electron chi connectivity index (χ2n) is 24.0. The number of aliphatic hydroxyl groups is 2. The molecule has 15 heteroatoms. The third-order valence-corrected chi connectivity index (χ3v) is 18.4. The zero-order valence-electron chi connectivity index (χ0n) is 53.7. The number of anilines is 4. The van der Waals surface area contributed by atoms with Gasteiger partial charge in [0.05, 0.1) is 90.2 Å². The van der Waals surface area contributed by atoms with Crippen LogP contribution in [0.1, 0.15) is 80.3 Å². The summed E-state index contributed by atoms with van der Waals surface area (Å²) < 4.78 is 1.77. The van der Waals surface area contributed by atoms with Crippen LogP contribution in [0.2, 0.25) is 0 Å². The van der Waals surface area contributed by atoms with Crippen molar-refractivity contribution in [2.45, 2.75) is 41.5 Å². The lowest BCUT2D eigenvalue weighted by atomic mass is 9.69. The number of benzene rings is 11. The van der Waals surface area contributed by atoms with Crippen LogP contribution in [0, 0.1) is 37.5 Å². The number of fused-ring (bicyclic) bond motifs is 13. The summed E-state index contributed by atoms with van der Waals surface area (Å²) in [5.41, 5.74) is 9.97. The Kier molecular flexibility index (Phi) is 15.9. The smallest absolute Gasteiger partial charge is 0.264 e. The minimum atomic E-state index is -1.16. The van der Waals surface area contributed by atoms with E-state index in [2.05, 4.69) is 38.8 Å². The van der Waals surface area contributed by atoms with Crippen LogP contribution >= 0.6 is 0 Å². The first kappa shape index (κ1) is 62.1. The highest BCUT2D eigenvalue weighted by Crippen LogP contribution is 2.46. The summed E-state index contributed by atoms with van der Waals surface area (Å²) in [7, 11) is 0. The molecule has 6 N–H and O–H groups in total. The summed E-state index contributed by atoms with van der Waals surface area (Å²) in [6, 6.07) is 56.6. The van der Waals surface area contributed by atoms with Crippen molar-refractivity contribution >= 4 is 138 Å². The van der Waals surface area contributed by atoms with E-state index in [9.17, 15) is 43.8 Å². The van der Waals surface area contributed by atoms with E-state index in [0.29, 0.717) is 66.1 Å². The van der Waals surface area contributed by atoms with E-state index in [-0.39, 0.29) is 50.6 Å². The summed E-state index contributed by atoms with van der Waals surface area (Å²) in [4.78, 5) is 105. The molecule has 14 aromatic rings. The van der Waals surface area contributed by atoms with E-state index in [1.54, 1.807) is 89.4 Å². The fraction of sp³-hybridized carbons (Fsp3) is 0.122. The standard InChI is InChI=1S/C28H16N2O4.C28H24N2O4.C22H12N2O.2C2H6/c31-25-13-5-1-3-7-15(13)27(33)21-17(25)9-11-19-23(21)29-20-12-10-18-22(24(20)30-19)28(34)16-8-4-2-6-14(16)26(18)32;1-15-5-3-7-17(13-15)29-19-9-10-20(30-18-8-4-6-16(2)14-18)24-23(19)27(33)25-21(31)11-12-22(32)26(25)28(24)34;25-22-16-10-2-6-13-5-1-9-15(19(13)16)21-23-17-11-3-7-14-8-4-12-18(20(14)17)24(21)22;2*1-2/h1-13,15,29-30H;3-14,25-26,29-32H,1-2H3;1-12H;2*1-2H3. The number of aromatic nitrogens is 4. The number of hydrogen-bond donors (Lipinski definition) is 6. The van der Waals surface area contributed by atoms with Gasteiger partial charge in [-0.15, -0.1) is 0 Å². The van der Waals surface area contributed by atoms with Crippen LogP contribution in [0.3, 0.4) is 0 Å². The van der Waals surface area contributed by atoms with E-state index in [1.165, 1.54) is 12.2 Å². The van der Waals surface area contributed by atoms with Gasteiger partial charge in [-0.1, -0.05) is 155 Å². The van der Waals surface area contributed by atoms with E-state index < -0.39 is 35.2 Å². The van der Waals surface area contributed by atoms with Gasteiger partial charge >= 0.3 is 0 Å². The van der Waals surface area contributed by atoms with Crippen LogP contribution in [0.4, 0.5) is 22.7 Å². The lowest BCUT2D eigenvalue weighted by Gasteiger charge is -2.34. The summed E-state index contributed by atoms with van der Waals surface area (Å²) in [6.07, 6.45) is 9.69. The molecule has 97 heavy (non-hydrogen) atoms. The van der Waals surface area contributed by atoms with E-state index >= 15 is 0 Å². The molecule has 0 aliphatic heterocycles. The van der Waals surface area contributed by atoms with Gasteiger partial charge in [-0.25, -0.2) is 4.98 Å². The molecule has 0 bridgehead atoms. The quantitative estimate of drug-likeness (QED) is 0.0714. The number of H-pyrrole nitrogens is 2. The van der Waals surface area contributed by atoms with Gasteiger partial charge in [-0.3, -0.25) is 38.0 Å². The molecule has 4 unspecified atom stereocenters. The number of nitrogens with one attached hydrogen (secondary N) is 4. The van der Waals surface area contributed by atoms with Gasteiger partial charge < -0.3 is 30.8 Å². The molecule has 0 saturated carbocycles. The normalized spacial score (nSPS) is 16.7. The molecule has 0 spiro atoms. The Labute approximate surface area is 554 Å². The first-order valence-electron chi connectivity index (χ1n) is 32.4. The van der Waals surface area contributed by atoms with E-state index in [0.717, 1.165) is 71.5 Å². The molecule has 0 radical (unpaired) electrons. The molecule has 476 valence electrons. The number of hydrogen-bond acceptors (Lipinski definition) is 12. The molecule has 0 fully saturated rings. The van der Waals surface area contributed by atoms with Gasteiger partial charge in [0, 0.05) is 54.6 Å². The Morgan fingerprint density at radius 1 is 0.443 bits per heavy atom. The average molecular weight is 1280 g/mol. The maximum absolute atomic E-state index is 13.7. The number of pyridine rings is 1. The minimum absolute atomic E-state index is 0.00921. The lowest BCUT2D eigenvalue weighted by molar-refractivity contribution is 0.0710. The largest absolute Gasteiger partial charge is 0.511 e. The van der Waals surface area contributed by atoms with Crippen LogP contribution in [0.15, 0.2) is 244 Å². The van der Waals surface area contributed by atoms with Crippen LogP contribution in [-0.4, -0.2) is 52.7 Å². The molecule has 0 amide bonds. The van der Waals surface area contributed by atoms with E-state index in [1.807, 2.05) is 145 Å². The van der Waals surface area contributed by atoms with Crippen molar-refractivity contribution in [2.24, 2.45) is 23.7 Å². The molecule has 18 rings (SSSR count). The van der Waals surface area contributed by atoms with Gasteiger partial charge in [-0.2, -0.15) is 0 Å². The maximum Gasteiger partial charge on any atom is 0.264 e. The van der Waals surface area contributed by atoms with Gasteiger partial charge in [0.2, 0.25) is 0 Å². The molecule has 3 heterocycles. The number of carbonyl (C=O) groups is 4. The molecule has 3 aromatic heterocycles. The van der Waals surface area contributed by atoms with Crippen molar-refractivity contribution < 1.29 is 29.4 Å². The highest BCUT2D eigenvalue weighted by Gasteiger charge is 2.49. The van der Waals surface area contributed by atoms with Gasteiger partial charge in [0.1, 0.15) is 17.2 Å². The third kappa shape index (κ3) is 10.2. The first-order chi connectivity index (χ1) is 47.2. The third-order valence-electron chi connectivity index (χ3n) is 18.4. The van der Waals surface area contributed by atoms with Crippen LogP contribution in [-0.2, 0) is 0 Å². The summed E-state index contributed by atoms with van der Waals surface area (Å²) in [5, 5.41) is 34.9. The zero-order chi connectivity index (χ0) is 67.7. The molecule has 11 aromatic carbocycles. The van der Waals surface area contributed by atoms with Crippen LogP contribution in [0.25, 0.3) is 92.6 Å². The topological polar surface area (TPSA) is 233 Å². The van der Waals surface area contributed by atoms with Crippen molar-refractivity contribution in [2.75, 3.05) is 10.6 Å². The van der Waals surface area contributed by atoms with Gasteiger partial charge in [-0.05, 0) is 127 Å².